The molecule has 1 fully saturated rings. The van der Waals surface area contributed by atoms with Crippen LogP contribution < -0.4 is 11.1 Å². The summed E-state index contributed by atoms with van der Waals surface area (Å²) in [4.78, 5) is 13.7. The Morgan fingerprint density at radius 1 is 1.60 bits per heavy atom. The van der Waals surface area contributed by atoms with Gasteiger partial charge in [-0.2, -0.15) is 0 Å². The zero-order valence-corrected chi connectivity index (χ0v) is 9.99. The highest BCUT2D eigenvalue weighted by molar-refractivity contribution is 5.77. The molecule has 3 N–H and O–H groups in total. The molecule has 0 saturated carbocycles. The van der Waals surface area contributed by atoms with E-state index >= 15 is 0 Å². The Hall–Kier alpha value is -0.610. The average Bonchev–Trinajstić information content (AvgIpc) is 2.55. The van der Waals surface area contributed by atoms with Gasteiger partial charge in [0.25, 0.3) is 0 Å². The van der Waals surface area contributed by atoms with Crippen molar-refractivity contribution in [3.63, 3.8) is 0 Å². The number of likely N-dealkylation sites (tertiary alicyclic amines) is 1. The second kappa shape index (κ2) is 5.47. The molecule has 1 aliphatic heterocycles. The number of carbonyl (C=O) groups excluding carboxylic acids is 1. The van der Waals surface area contributed by atoms with Crippen molar-refractivity contribution in [3.05, 3.63) is 0 Å². The van der Waals surface area contributed by atoms with Gasteiger partial charge in [-0.15, -0.1) is 0 Å². The minimum atomic E-state index is 0.0713. The molecule has 88 valence electrons. The van der Waals surface area contributed by atoms with Gasteiger partial charge < -0.3 is 16.0 Å². The molecule has 1 rings (SSSR count). The quantitative estimate of drug-likeness (QED) is 0.693. The number of hydrogen-bond donors (Lipinski definition) is 2. The summed E-state index contributed by atoms with van der Waals surface area (Å²) >= 11 is 0. The Balaban J connectivity index is 2.30. The first-order valence-corrected chi connectivity index (χ1v) is 5.72. The molecule has 0 spiro atoms. The lowest BCUT2D eigenvalue weighted by atomic mass is 10.1. The Kier molecular flexibility index (Phi) is 4.54. The maximum Gasteiger partial charge on any atom is 0.222 e. The van der Waals surface area contributed by atoms with Crippen LogP contribution in [0.25, 0.3) is 0 Å². The van der Waals surface area contributed by atoms with Crippen LogP contribution in [-0.2, 0) is 4.79 Å². The normalized spacial score (nSPS) is 27.3. The molecule has 4 heteroatoms. The Morgan fingerprint density at radius 2 is 2.27 bits per heavy atom. The predicted octanol–water partition coefficient (Wildman–Crippen LogP) is 0.0376. The van der Waals surface area contributed by atoms with Crippen molar-refractivity contribution in [1.82, 2.24) is 10.2 Å². The second-order valence-electron chi connectivity index (χ2n) is 4.83. The van der Waals surface area contributed by atoms with Crippen molar-refractivity contribution in [2.24, 2.45) is 17.6 Å². The van der Waals surface area contributed by atoms with Crippen LogP contribution in [0.3, 0.4) is 0 Å². The zero-order valence-electron chi connectivity index (χ0n) is 9.99. The number of likely N-dealkylation sites (N-methyl/N-ethyl adjacent to an activating group) is 1. The molecule has 2 atom stereocenters. The van der Waals surface area contributed by atoms with Crippen LogP contribution >= 0.6 is 0 Å². The molecule has 0 radical (unpaired) electrons. The van der Waals surface area contributed by atoms with Gasteiger partial charge in [-0.3, -0.25) is 4.79 Å². The van der Waals surface area contributed by atoms with E-state index in [9.17, 15) is 4.79 Å². The van der Waals surface area contributed by atoms with Gasteiger partial charge in [0, 0.05) is 25.0 Å². The van der Waals surface area contributed by atoms with Gasteiger partial charge in [-0.05, 0) is 25.9 Å². The van der Waals surface area contributed by atoms with E-state index < -0.39 is 0 Å². The van der Waals surface area contributed by atoms with Crippen molar-refractivity contribution in [2.75, 3.05) is 26.7 Å². The highest BCUT2D eigenvalue weighted by atomic mass is 16.1. The highest BCUT2D eigenvalue weighted by Gasteiger charge is 2.28. The van der Waals surface area contributed by atoms with Gasteiger partial charge in [0.2, 0.25) is 5.91 Å². The van der Waals surface area contributed by atoms with Crippen LogP contribution in [0.15, 0.2) is 0 Å². The average molecular weight is 213 g/mol. The summed E-state index contributed by atoms with van der Waals surface area (Å²) < 4.78 is 0. The lowest BCUT2D eigenvalue weighted by Crippen LogP contribution is -2.39. The summed E-state index contributed by atoms with van der Waals surface area (Å²) in [5, 5.41) is 2.98. The number of nitrogens with zero attached hydrogens (tertiary/aromatic N) is 1. The molecule has 1 amide bonds. The van der Waals surface area contributed by atoms with Crippen molar-refractivity contribution >= 4 is 5.91 Å². The van der Waals surface area contributed by atoms with E-state index in [2.05, 4.69) is 17.3 Å². The second-order valence-corrected chi connectivity index (χ2v) is 4.83. The maximum absolute atomic E-state index is 11.4. The van der Waals surface area contributed by atoms with E-state index in [0.717, 1.165) is 26.1 Å². The van der Waals surface area contributed by atoms with Crippen LogP contribution in [0.4, 0.5) is 0 Å². The van der Waals surface area contributed by atoms with Crippen LogP contribution in [0.1, 0.15) is 20.3 Å². The van der Waals surface area contributed by atoms with Crippen LogP contribution in [0.2, 0.25) is 0 Å². The van der Waals surface area contributed by atoms with Crippen LogP contribution in [0.5, 0.6) is 0 Å². The summed E-state index contributed by atoms with van der Waals surface area (Å²) in [5.41, 5.74) is 5.65. The fourth-order valence-corrected chi connectivity index (χ4v) is 2.03. The number of nitrogens with two attached hydrogens (primary N) is 1. The van der Waals surface area contributed by atoms with Gasteiger partial charge in [-0.25, -0.2) is 0 Å². The van der Waals surface area contributed by atoms with E-state index in [1.165, 1.54) is 0 Å². The number of amides is 1. The fraction of sp³-hybridized carbons (Fsp3) is 0.909. The minimum absolute atomic E-state index is 0.0713. The molecule has 15 heavy (non-hydrogen) atoms. The van der Waals surface area contributed by atoms with Crippen molar-refractivity contribution in [3.8, 4) is 0 Å². The van der Waals surface area contributed by atoms with Crippen LogP contribution in [0, 0.1) is 11.8 Å². The van der Waals surface area contributed by atoms with Gasteiger partial charge in [0.1, 0.15) is 0 Å². The molecule has 0 aliphatic carbocycles. The SMILES string of the molecule is CC(C)C(=O)NC[C@@H]1C[C@@H](CN)CN1C. The van der Waals surface area contributed by atoms with E-state index in [1.807, 2.05) is 13.8 Å². The first-order chi connectivity index (χ1) is 7.04. The Morgan fingerprint density at radius 3 is 2.73 bits per heavy atom. The van der Waals surface area contributed by atoms with Gasteiger partial charge in [0.05, 0.1) is 0 Å². The zero-order chi connectivity index (χ0) is 11.4. The summed E-state index contributed by atoms with van der Waals surface area (Å²) in [6.45, 7) is 6.38. The summed E-state index contributed by atoms with van der Waals surface area (Å²) in [6, 6.07) is 0.459. The molecule has 0 aromatic carbocycles. The maximum atomic E-state index is 11.4. The molecule has 0 aromatic rings. The highest BCUT2D eigenvalue weighted by Crippen LogP contribution is 2.19. The number of carbonyl (C=O) groups is 1. The van der Waals surface area contributed by atoms with Crippen molar-refractivity contribution in [2.45, 2.75) is 26.3 Å². The molecule has 0 bridgehead atoms. The third kappa shape index (κ3) is 3.47. The number of hydrogen-bond acceptors (Lipinski definition) is 3. The van der Waals surface area contributed by atoms with Gasteiger partial charge in [-0.1, -0.05) is 13.8 Å². The standard InChI is InChI=1S/C11H23N3O/c1-8(2)11(15)13-6-10-4-9(5-12)7-14(10)3/h8-10H,4-7,12H2,1-3H3,(H,13,15)/t9-,10-/m0/s1. The molecular formula is C11H23N3O. The summed E-state index contributed by atoms with van der Waals surface area (Å²) in [5.74, 6) is 0.803. The van der Waals surface area contributed by atoms with Gasteiger partial charge in [0.15, 0.2) is 0 Å². The third-order valence-corrected chi connectivity index (χ3v) is 3.14. The minimum Gasteiger partial charge on any atom is -0.354 e. The predicted molar refractivity (Wildman–Crippen MR) is 61.4 cm³/mol. The van der Waals surface area contributed by atoms with E-state index in [4.69, 9.17) is 5.73 Å². The number of nitrogens with one attached hydrogen (secondary N) is 1. The summed E-state index contributed by atoms with van der Waals surface area (Å²) in [7, 11) is 2.10. The fourth-order valence-electron chi connectivity index (χ4n) is 2.03. The monoisotopic (exact) mass is 213 g/mol. The first kappa shape index (κ1) is 12.5. The van der Waals surface area contributed by atoms with Crippen molar-refractivity contribution in [1.29, 1.82) is 0 Å². The van der Waals surface area contributed by atoms with E-state index in [0.29, 0.717) is 12.0 Å². The largest absolute Gasteiger partial charge is 0.354 e. The molecule has 0 aromatic heterocycles. The van der Waals surface area contributed by atoms with Crippen LogP contribution in [-0.4, -0.2) is 43.5 Å². The topological polar surface area (TPSA) is 58.4 Å². The van der Waals surface area contributed by atoms with Crippen molar-refractivity contribution < 1.29 is 4.79 Å². The third-order valence-electron chi connectivity index (χ3n) is 3.14. The molecule has 0 unspecified atom stereocenters. The molecule has 1 heterocycles. The summed E-state index contributed by atoms with van der Waals surface area (Å²) in [6.07, 6.45) is 1.10. The first-order valence-electron chi connectivity index (χ1n) is 5.72. The van der Waals surface area contributed by atoms with E-state index in [-0.39, 0.29) is 11.8 Å². The Labute approximate surface area is 92.2 Å². The Bertz CT molecular complexity index is 218. The molecule has 1 aliphatic rings. The number of rotatable bonds is 4. The molecule has 4 nitrogen and oxygen atoms in total. The molecular weight excluding hydrogens is 190 g/mol. The molecule has 1 saturated heterocycles. The van der Waals surface area contributed by atoms with E-state index in [1.54, 1.807) is 0 Å². The van der Waals surface area contributed by atoms with Gasteiger partial charge >= 0.3 is 0 Å². The lowest BCUT2D eigenvalue weighted by Gasteiger charge is -2.20. The lowest BCUT2D eigenvalue weighted by molar-refractivity contribution is -0.124. The smallest absolute Gasteiger partial charge is 0.222 e.